The zero-order valence-corrected chi connectivity index (χ0v) is 10.3. The van der Waals surface area contributed by atoms with Gasteiger partial charge < -0.3 is 14.8 Å². The maximum absolute atomic E-state index is 5.65. The molecule has 1 aromatic rings. The normalized spacial score (nSPS) is 20.2. The highest BCUT2D eigenvalue weighted by atomic mass is 16.5. The van der Waals surface area contributed by atoms with E-state index in [9.17, 15) is 0 Å². The summed E-state index contributed by atoms with van der Waals surface area (Å²) in [6, 6.07) is 3.91. The van der Waals surface area contributed by atoms with Crippen LogP contribution < -0.4 is 10.1 Å². The molecule has 1 aliphatic rings. The number of ether oxygens (including phenoxy) is 2. The summed E-state index contributed by atoms with van der Waals surface area (Å²) < 4.78 is 10.7. The molecule has 2 rings (SSSR count). The first-order chi connectivity index (χ1) is 8.38. The summed E-state index contributed by atoms with van der Waals surface area (Å²) in [5, 5.41) is 3.40. The van der Waals surface area contributed by atoms with Gasteiger partial charge in [0.15, 0.2) is 0 Å². The van der Waals surface area contributed by atoms with Gasteiger partial charge in [0.2, 0.25) is 5.88 Å². The summed E-state index contributed by atoms with van der Waals surface area (Å²) in [6.07, 6.45) is 5.89. The van der Waals surface area contributed by atoms with Crippen molar-refractivity contribution in [2.75, 3.05) is 20.3 Å². The lowest BCUT2D eigenvalue weighted by Gasteiger charge is -2.22. The van der Waals surface area contributed by atoms with E-state index in [1.807, 2.05) is 18.3 Å². The van der Waals surface area contributed by atoms with Crippen molar-refractivity contribution in [2.45, 2.75) is 31.9 Å². The van der Waals surface area contributed by atoms with E-state index in [-0.39, 0.29) is 0 Å². The Morgan fingerprint density at radius 2 is 2.41 bits per heavy atom. The van der Waals surface area contributed by atoms with Crippen molar-refractivity contribution in [3.8, 4) is 5.88 Å². The standard InChI is InChI=1S/C13H20N2O2/c1-16-13-6-5-11(9-15-13)8-14-10-12-4-2-3-7-17-12/h5-6,9,12,14H,2-4,7-8,10H2,1H3. The highest BCUT2D eigenvalue weighted by Crippen LogP contribution is 2.12. The molecule has 94 valence electrons. The molecule has 2 heterocycles. The molecule has 1 fully saturated rings. The van der Waals surface area contributed by atoms with E-state index in [0.29, 0.717) is 12.0 Å². The maximum Gasteiger partial charge on any atom is 0.212 e. The van der Waals surface area contributed by atoms with Gasteiger partial charge in [-0.3, -0.25) is 0 Å². The number of aromatic nitrogens is 1. The fourth-order valence-corrected chi connectivity index (χ4v) is 1.98. The van der Waals surface area contributed by atoms with E-state index in [4.69, 9.17) is 9.47 Å². The van der Waals surface area contributed by atoms with Gasteiger partial charge >= 0.3 is 0 Å². The van der Waals surface area contributed by atoms with E-state index in [2.05, 4.69) is 10.3 Å². The van der Waals surface area contributed by atoms with E-state index in [0.717, 1.165) is 19.7 Å². The second kappa shape index (κ2) is 6.57. The molecule has 4 nitrogen and oxygen atoms in total. The van der Waals surface area contributed by atoms with Gasteiger partial charge in [0.1, 0.15) is 0 Å². The average Bonchev–Trinajstić information content (AvgIpc) is 2.41. The van der Waals surface area contributed by atoms with Crippen LogP contribution in [0.15, 0.2) is 18.3 Å². The number of nitrogens with one attached hydrogen (secondary N) is 1. The molecule has 1 N–H and O–H groups in total. The summed E-state index contributed by atoms with van der Waals surface area (Å²) >= 11 is 0. The first-order valence-corrected chi connectivity index (χ1v) is 6.20. The Bertz CT molecular complexity index is 321. The summed E-state index contributed by atoms with van der Waals surface area (Å²) in [5.74, 6) is 0.657. The van der Waals surface area contributed by atoms with Crippen LogP contribution in [-0.2, 0) is 11.3 Å². The summed E-state index contributed by atoms with van der Waals surface area (Å²) in [6.45, 7) is 2.67. The van der Waals surface area contributed by atoms with Crippen LogP contribution >= 0.6 is 0 Å². The third kappa shape index (κ3) is 3.98. The number of rotatable bonds is 5. The molecule has 1 atom stereocenters. The maximum atomic E-state index is 5.65. The first kappa shape index (κ1) is 12.3. The van der Waals surface area contributed by atoms with Gasteiger partial charge in [-0.15, -0.1) is 0 Å². The summed E-state index contributed by atoms with van der Waals surface area (Å²) in [4.78, 5) is 4.17. The average molecular weight is 236 g/mol. The second-order valence-corrected chi connectivity index (χ2v) is 4.33. The number of methoxy groups -OCH3 is 1. The molecule has 0 amide bonds. The number of pyridine rings is 1. The quantitative estimate of drug-likeness (QED) is 0.846. The van der Waals surface area contributed by atoms with Crippen molar-refractivity contribution in [3.63, 3.8) is 0 Å². The monoisotopic (exact) mass is 236 g/mol. The Kier molecular flexibility index (Phi) is 4.76. The Labute approximate surface area is 102 Å². The van der Waals surface area contributed by atoms with Crippen LogP contribution in [0.4, 0.5) is 0 Å². The highest BCUT2D eigenvalue weighted by molar-refractivity contribution is 5.17. The van der Waals surface area contributed by atoms with E-state index >= 15 is 0 Å². The molecule has 1 aliphatic heterocycles. The lowest BCUT2D eigenvalue weighted by atomic mass is 10.1. The molecule has 0 aliphatic carbocycles. The molecule has 0 radical (unpaired) electrons. The molecule has 4 heteroatoms. The van der Waals surface area contributed by atoms with Gasteiger partial charge in [-0.05, 0) is 24.8 Å². The molecular formula is C13H20N2O2. The van der Waals surface area contributed by atoms with Crippen molar-refractivity contribution in [1.82, 2.24) is 10.3 Å². The minimum absolute atomic E-state index is 0.384. The topological polar surface area (TPSA) is 43.4 Å². The molecule has 0 spiro atoms. The van der Waals surface area contributed by atoms with Crippen LogP contribution in [0.2, 0.25) is 0 Å². The number of hydrogen-bond acceptors (Lipinski definition) is 4. The minimum Gasteiger partial charge on any atom is -0.481 e. The van der Waals surface area contributed by atoms with Crippen LogP contribution in [-0.4, -0.2) is 31.3 Å². The van der Waals surface area contributed by atoms with Crippen molar-refractivity contribution in [3.05, 3.63) is 23.9 Å². The lowest BCUT2D eigenvalue weighted by molar-refractivity contribution is 0.0168. The Morgan fingerprint density at radius 1 is 1.47 bits per heavy atom. The van der Waals surface area contributed by atoms with E-state index in [1.54, 1.807) is 7.11 Å². The largest absolute Gasteiger partial charge is 0.481 e. The summed E-state index contributed by atoms with van der Waals surface area (Å²) in [5.41, 5.74) is 1.17. The second-order valence-electron chi connectivity index (χ2n) is 4.33. The van der Waals surface area contributed by atoms with Crippen molar-refractivity contribution in [2.24, 2.45) is 0 Å². The van der Waals surface area contributed by atoms with Crippen LogP contribution in [0.1, 0.15) is 24.8 Å². The van der Waals surface area contributed by atoms with Crippen molar-refractivity contribution >= 4 is 0 Å². The fourth-order valence-electron chi connectivity index (χ4n) is 1.98. The first-order valence-electron chi connectivity index (χ1n) is 6.20. The Balaban J connectivity index is 1.69. The van der Waals surface area contributed by atoms with Gasteiger partial charge in [-0.2, -0.15) is 0 Å². The van der Waals surface area contributed by atoms with Gasteiger partial charge in [-0.25, -0.2) is 4.98 Å². The fraction of sp³-hybridized carbons (Fsp3) is 0.615. The van der Waals surface area contributed by atoms with Crippen LogP contribution in [0.25, 0.3) is 0 Å². The molecular weight excluding hydrogens is 216 g/mol. The molecule has 17 heavy (non-hydrogen) atoms. The third-order valence-electron chi connectivity index (χ3n) is 2.98. The van der Waals surface area contributed by atoms with Gasteiger partial charge in [0.25, 0.3) is 0 Å². The van der Waals surface area contributed by atoms with Crippen LogP contribution in [0.5, 0.6) is 5.88 Å². The lowest BCUT2D eigenvalue weighted by Crippen LogP contribution is -2.31. The Hall–Kier alpha value is -1.13. The van der Waals surface area contributed by atoms with Gasteiger partial charge in [0, 0.05) is 32.0 Å². The summed E-state index contributed by atoms with van der Waals surface area (Å²) in [7, 11) is 1.63. The van der Waals surface area contributed by atoms with Crippen molar-refractivity contribution in [1.29, 1.82) is 0 Å². The minimum atomic E-state index is 0.384. The number of nitrogens with zero attached hydrogens (tertiary/aromatic N) is 1. The van der Waals surface area contributed by atoms with Gasteiger partial charge in [-0.1, -0.05) is 6.07 Å². The SMILES string of the molecule is COc1ccc(CNCC2CCCCO2)cn1. The molecule has 1 unspecified atom stereocenters. The molecule has 1 saturated heterocycles. The zero-order chi connectivity index (χ0) is 11.9. The predicted octanol–water partition coefficient (Wildman–Crippen LogP) is 1.75. The smallest absolute Gasteiger partial charge is 0.212 e. The van der Waals surface area contributed by atoms with Crippen molar-refractivity contribution < 1.29 is 9.47 Å². The number of hydrogen-bond donors (Lipinski definition) is 1. The van der Waals surface area contributed by atoms with E-state index < -0.39 is 0 Å². The molecule has 0 aromatic carbocycles. The third-order valence-corrected chi connectivity index (χ3v) is 2.98. The Morgan fingerprint density at radius 3 is 3.06 bits per heavy atom. The van der Waals surface area contributed by atoms with E-state index in [1.165, 1.54) is 24.8 Å². The molecule has 1 aromatic heterocycles. The van der Waals surface area contributed by atoms with Crippen LogP contribution in [0, 0.1) is 0 Å². The zero-order valence-electron chi connectivity index (χ0n) is 10.3. The van der Waals surface area contributed by atoms with Gasteiger partial charge in [0.05, 0.1) is 13.2 Å². The predicted molar refractivity (Wildman–Crippen MR) is 66.1 cm³/mol. The van der Waals surface area contributed by atoms with Crippen LogP contribution in [0.3, 0.4) is 0 Å². The molecule has 0 saturated carbocycles. The highest BCUT2D eigenvalue weighted by Gasteiger charge is 2.12. The molecule has 0 bridgehead atoms.